The van der Waals surface area contributed by atoms with E-state index >= 15 is 0 Å². The molecular formula is C17H18N2O3S. The Morgan fingerprint density at radius 1 is 1.26 bits per heavy atom. The molecule has 0 radical (unpaired) electrons. The van der Waals surface area contributed by atoms with Crippen molar-refractivity contribution in [2.24, 2.45) is 5.41 Å². The van der Waals surface area contributed by atoms with Gasteiger partial charge in [0.05, 0.1) is 16.8 Å². The summed E-state index contributed by atoms with van der Waals surface area (Å²) < 4.78 is 5.34. The summed E-state index contributed by atoms with van der Waals surface area (Å²) >= 11 is 1.57. The fraction of sp³-hybridized carbons (Fsp3) is 0.471. The SMILES string of the molecule is O=C1CC2(CCCCC2)C(=O)N1Cc1cc(-c2cccs2)on1. The highest BCUT2D eigenvalue weighted by atomic mass is 32.1. The lowest BCUT2D eigenvalue weighted by atomic mass is 9.73. The predicted octanol–water partition coefficient (Wildman–Crippen LogP) is 3.61. The predicted molar refractivity (Wildman–Crippen MR) is 85.5 cm³/mol. The third kappa shape index (κ3) is 2.51. The monoisotopic (exact) mass is 330 g/mol. The van der Waals surface area contributed by atoms with Crippen LogP contribution in [0.15, 0.2) is 28.1 Å². The molecule has 1 aliphatic heterocycles. The van der Waals surface area contributed by atoms with Crippen LogP contribution in [0, 0.1) is 5.41 Å². The molecule has 120 valence electrons. The van der Waals surface area contributed by atoms with E-state index in [1.165, 1.54) is 4.90 Å². The van der Waals surface area contributed by atoms with Crippen molar-refractivity contribution in [1.82, 2.24) is 10.1 Å². The number of hydrogen-bond acceptors (Lipinski definition) is 5. The van der Waals surface area contributed by atoms with Crippen molar-refractivity contribution in [2.75, 3.05) is 0 Å². The number of imide groups is 1. The van der Waals surface area contributed by atoms with Gasteiger partial charge in [0.1, 0.15) is 5.69 Å². The molecule has 3 heterocycles. The standard InChI is InChI=1S/C17H18N2O3S/c20-15-10-17(6-2-1-3-7-17)16(21)19(15)11-12-9-13(22-18-12)14-5-4-8-23-14/h4-5,8-9H,1-3,6-7,10-11H2. The minimum atomic E-state index is -0.435. The Morgan fingerprint density at radius 3 is 2.83 bits per heavy atom. The van der Waals surface area contributed by atoms with Gasteiger partial charge in [-0.2, -0.15) is 0 Å². The van der Waals surface area contributed by atoms with Crippen LogP contribution in [0.2, 0.25) is 0 Å². The molecule has 0 N–H and O–H groups in total. The number of amides is 2. The molecule has 1 spiro atoms. The van der Waals surface area contributed by atoms with Crippen LogP contribution < -0.4 is 0 Å². The minimum absolute atomic E-state index is 0.0112. The van der Waals surface area contributed by atoms with Crippen molar-refractivity contribution in [2.45, 2.75) is 45.1 Å². The van der Waals surface area contributed by atoms with Gasteiger partial charge < -0.3 is 4.52 Å². The van der Waals surface area contributed by atoms with Crippen LogP contribution in [0.5, 0.6) is 0 Å². The fourth-order valence-electron chi connectivity index (χ4n) is 3.72. The normalized spacial score (nSPS) is 20.6. The van der Waals surface area contributed by atoms with Crippen molar-refractivity contribution in [3.63, 3.8) is 0 Å². The second-order valence-corrected chi connectivity index (χ2v) is 7.41. The summed E-state index contributed by atoms with van der Waals surface area (Å²) in [5.74, 6) is 0.599. The zero-order valence-corrected chi connectivity index (χ0v) is 13.6. The van der Waals surface area contributed by atoms with Crippen molar-refractivity contribution in [3.05, 3.63) is 29.3 Å². The second-order valence-electron chi connectivity index (χ2n) is 6.46. The van der Waals surface area contributed by atoms with Crippen molar-refractivity contribution < 1.29 is 14.1 Å². The van der Waals surface area contributed by atoms with Gasteiger partial charge in [-0.15, -0.1) is 11.3 Å². The summed E-state index contributed by atoms with van der Waals surface area (Å²) in [6.45, 7) is 0.217. The maximum atomic E-state index is 12.8. The van der Waals surface area contributed by atoms with Crippen LogP contribution in [0.25, 0.3) is 10.6 Å². The molecule has 1 saturated carbocycles. The smallest absolute Gasteiger partial charge is 0.236 e. The van der Waals surface area contributed by atoms with Crippen molar-refractivity contribution >= 4 is 23.2 Å². The third-order valence-electron chi connectivity index (χ3n) is 4.94. The lowest BCUT2D eigenvalue weighted by Crippen LogP contribution is -2.36. The van der Waals surface area contributed by atoms with Gasteiger partial charge >= 0.3 is 0 Å². The zero-order valence-electron chi connectivity index (χ0n) is 12.8. The van der Waals surface area contributed by atoms with E-state index < -0.39 is 5.41 Å². The fourth-order valence-corrected chi connectivity index (χ4v) is 4.40. The average Bonchev–Trinajstić information content (AvgIpc) is 3.27. The van der Waals surface area contributed by atoms with E-state index in [9.17, 15) is 9.59 Å². The molecular weight excluding hydrogens is 312 g/mol. The molecule has 2 fully saturated rings. The highest BCUT2D eigenvalue weighted by Crippen LogP contribution is 2.45. The number of rotatable bonds is 3. The van der Waals surface area contributed by atoms with E-state index in [4.69, 9.17) is 4.52 Å². The van der Waals surface area contributed by atoms with Gasteiger partial charge in [-0.1, -0.05) is 30.5 Å². The van der Waals surface area contributed by atoms with Crippen LogP contribution >= 0.6 is 11.3 Å². The first-order valence-corrected chi connectivity index (χ1v) is 8.90. The Hall–Kier alpha value is -1.95. The molecule has 23 heavy (non-hydrogen) atoms. The third-order valence-corrected chi connectivity index (χ3v) is 5.83. The number of nitrogens with zero attached hydrogens (tertiary/aromatic N) is 2. The van der Waals surface area contributed by atoms with Gasteiger partial charge in [0.25, 0.3) is 0 Å². The molecule has 0 atom stereocenters. The Labute approximate surface area is 138 Å². The van der Waals surface area contributed by atoms with Gasteiger partial charge in [-0.25, -0.2) is 0 Å². The quantitative estimate of drug-likeness (QED) is 0.807. The number of hydrogen-bond donors (Lipinski definition) is 0. The van der Waals surface area contributed by atoms with E-state index in [0.29, 0.717) is 17.9 Å². The van der Waals surface area contributed by atoms with Crippen LogP contribution in [0.1, 0.15) is 44.2 Å². The van der Waals surface area contributed by atoms with Crippen molar-refractivity contribution in [3.8, 4) is 10.6 Å². The van der Waals surface area contributed by atoms with E-state index in [0.717, 1.165) is 37.0 Å². The Kier molecular flexibility index (Phi) is 3.56. The molecule has 5 nitrogen and oxygen atoms in total. The Bertz CT molecular complexity index is 729. The van der Waals surface area contributed by atoms with Crippen molar-refractivity contribution in [1.29, 1.82) is 0 Å². The number of thiophene rings is 1. The Balaban J connectivity index is 1.52. The van der Waals surface area contributed by atoms with Crippen LogP contribution in [-0.4, -0.2) is 21.9 Å². The highest BCUT2D eigenvalue weighted by molar-refractivity contribution is 7.13. The zero-order chi connectivity index (χ0) is 15.9. The van der Waals surface area contributed by atoms with Crippen LogP contribution in [0.4, 0.5) is 0 Å². The second kappa shape index (κ2) is 5.60. The van der Waals surface area contributed by atoms with Gasteiger partial charge in [0.2, 0.25) is 11.8 Å². The summed E-state index contributed by atoms with van der Waals surface area (Å²) in [6, 6.07) is 5.72. The highest BCUT2D eigenvalue weighted by Gasteiger charge is 2.51. The maximum Gasteiger partial charge on any atom is 0.236 e. The van der Waals surface area contributed by atoms with E-state index in [1.54, 1.807) is 11.3 Å². The number of carbonyl (C=O) groups excluding carboxylic acids is 2. The summed E-state index contributed by atoms with van der Waals surface area (Å²) in [4.78, 5) is 27.5. The minimum Gasteiger partial charge on any atom is -0.355 e. The lowest BCUT2D eigenvalue weighted by Gasteiger charge is -2.30. The first kappa shape index (κ1) is 14.6. The first-order valence-electron chi connectivity index (χ1n) is 8.02. The number of aromatic nitrogens is 1. The van der Waals surface area contributed by atoms with Crippen LogP contribution in [0.3, 0.4) is 0 Å². The molecule has 0 bridgehead atoms. The molecule has 2 aliphatic rings. The van der Waals surface area contributed by atoms with Gasteiger partial charge in [0.15, 0.2) is 5.76 Å². The molecule has 2 aromatic rings. The van der Waals surface area contributed by atoms with E-state index in [1.807, 2.05) is 23.6 Å². The molecule has 0 aromatic carbocycles. The molecule has 6 heteroatoms. The van der Waals surface area contributed by atoms with E-state index in [2.05, 4.69) is 5.16 Å². The number of likely N-dealkylation sites (tertiary alicyclic amines) is 1. The molecule has 2 amide bonds. The molecule has 0 unspecified atom stereocenters. The van der Waals surface area contributed by atoms with Gasteiger partial charge in [-0.05, 0) is 24.3 Å². The molecule has 4 rings (SSSR count). The summed E-state index contributed by atoms with van der Waals surface area (Å²) in [5, 5.41) is 5.99. The molecule has 1 aliphatic carbocycles. The van der Waals surface area contributed by atoms with Crippen LogP contribution in [-0.2, 0) is 16.1 Å². The number of carbonyl (C=O) groups is 2. The first-order chi connectivity index (χ1) is 11.2. The summed E-state index contributed by atoms with van der Waals surface area (Å²) in [6.07, 6.45) is 5.29. The Morgan fingerprint density at radius 2 is 2.09 bits per heavy atom. The lowest BCUT2D eigenvalue weighted by molar-refractivity contribution is -0.143. The largest absolute Gasteiger partial charge is 0.355 e. The maximum absolute atomic E-state index is 12.8. The molecule has 2 aromatic heterocycles. The summed E-state index contributed by atoms with van der Waals surface area (Å²) in [5.41, 5.74) is 0.193. The van der Waals surface area contributed by atoms with Gasteiger partial charge in [-0.3, -0.25) is 14.5 Å². The summed E-state index contributed by atoms with van der Waals surface area (Å²) in [7, 11) is 0. The van der Waals surface area contributed by atoms with E-state index in [-0.39, 0.29) is 18.4 Å². The average molecular weight is 330 g/mol. The molecule has 1 saturated heterocycles. The van der Waals surface area contributed by atoms with Gasteiger partial charge in [0, 0.05) is 12.5 Å². The topological polar surface area (TPSA) is 63.4 Å².